The van der Waals surface area contributed by atoms with Gasteiger partial charge in [-0.1, -0.05) is 61.7 Å². The minimum absolute atomic E-state index is 0.281. The number of nitrogens with zero attached hydrogens (tertiary/aromatic N) is 3. The zero-order chi connectivity index (χ0) is 39.9. The monoisotopic (exact) mass is 814 g/mol. The van der Waals surface area contributed by atoms with Gasteiger partial charge in [0.05, 0.1) is 47.2 Å². The Morgan fingerprint density at radius 2 is 1.58 bits per heavy atom. The normalized spacial score (nSPS) is 17.7. The zero-order valence-electron chi connectivity index (χ0n) is 33.2. The molecule has 3 heterocycles. The molecule has 1 saturated carbocycles. The molecule has 11 nitrogen and oxygen atoms in total. The third-order valence-corrected chi connectivity index (χ3v) is 15.0. The van der Waals surface area contributed by atoms with Crippen molar-refractivity contribution in [2.24, 2.45) is 0 Å². The average Bonchev–Trinajstić information content (AvgIpc) is 3.84. The fourth-order valence-electron chi connectivity index (χ4n) is 8.49. The van der Waals surface area contributed by atoms with E-state index in [0.29, 0.717) is 65.1 Å². The van der Waals surface area contributed by atoms with E-state index < -0.39 is 15.9 Å². The van der Waals surface area contributed by atoms with E-state index >= 15 is 0 Å². The van der Waals surface area contributed by atoms with Gasteiger partial charge in [0.15, 0.2) is 26.4 Å². The van der Waals surface area contributed by atoms with Crippen molar-refractivity contribution in [1.29, 1.82) is 0 Å². The van der Waals surface area contributed by atoms with E-state index in [1.807, 2.05) is 36.4 Å². The number of piperazine rings is 1. The second-order valence-corrected chi connectivity index (χ2v) is 18.2. The summed E-state index contributed by atoms with van der Waals surface area (Å²) in [5.41, 5.74) is 3.77. The van der Waals surface area contributed by atoms with Crippen molar-refractivity contribution < 1.29 is 32.2 Å². The Balaban J connectivity index is 0.994. The quantitative estimate of drug-likeness (QED) is 0.0847. The fraction of sp³-hybridized carbons (Fsp3) is 0.455. The van der Waals surface area contributed by atoms with Crippen molar-refractivity contribution in [2.75, 3.05) is 65.0 Å². The zero-order valence-corrected chi connectivity index (χ0v) is 34.8. The lowest BCUT2D eigenvalue weighted by atomic mass is 9.99. The highest BCUT2D eigenvalue weighted by molar-refractivity contribution is 7.92. The number of carbonyl (C=O) groups excluding carboxylic acids is 2. The summed E-state index contributed by atoms with van der Waals surface area (Å²) in [6.45, 7) is 6.97. The van der Waals surface area contributed by atoms with Crippen LogP contribution in [0.2, 0.25) is 0 Å². The highest BCUT2D eigenvalue weighted by atomic mass is 32.2. The Labute approximate surface area is 340 Å². The molecular weight excluding hydrogens is 761 g/mol. The van der Waals surface area contributed by atoms with Crippen LogP contribution in [0.4, 0.5) is 5.69 Å². The Hall–Kier alpha value is -4.43. The van der Waals surface area contributed by atoms with E-state index in [0.717, 1.165) is 69.5 Å². The standard InChI is InChI=1S/C44H54N4O7S2/c1-31(32-12-6-4-7-13-32)46-23-25-47(26-24-46)38-17-10-16-36-42(38)44(50)48(43(36)49)37(33-19-20-39(53-2)40(28-33)54-3)18-11-21-45-22-27-55-41-29-35(30-56-41)57(51,52)34-14-8-5-9-15-34/h4,6-7,10,12-13,16-17,19-20,28-31,34,37,45H,5,8-9,11,14-15,18,21-27H2,1-3H3/t31-,37?/m1/s1. The topological polar surface area (TPSA) is 118 Å². The molecule has 0 radical (unpaired) electrons. The van der Waals surface area contributed by atoms with Crippen LogP contribution in [-0.4, -0.2) is 95.4 Å². The number of rotatable bonds is 17. The van der Waals surface area contributed by atoms with E-state index in [1.54, 1.807) is 31.7 Å². The molecule has 57 heavy (non-hydrogen) atoms. The number of amides is 2. The van der Waals surface area contributed by atoms with Crippen LogP contribution in [0.1, 0.15) is 95.8 Å². The van der Waals surface area contributed by atoms with Crippen molar-refractivity contribution in [3.8, 4) is 16.6 Å². The molecular formula is C44H54N4O7S2. The van der Waals surface area contributed by atoms with Crippen molar-refractivity contribution in [3.63, 3.8) is 0 Å². The van der Waals surface area contributed by atoms with Crippen LogP contribution in [0.5, 0.6) is 16.6 Å². The summed E-state index contributed by atoms with van der Waals surface area (Å²) in [7, 11) is -0.182. The molecule has 3 aliphatic rings. The summed E-state index contributed by atoms with van der Waals surface area (Å²) < 4.78 is 43.3. The number of thiophene rings is 1. The molecule has 2 amide bonds. The molecule has 1 saturated heterocycles. The Morgan fingerprint density at radius 3 is 2.32 bits per heavy atom. The summed E-state index contributed by atoms with van der Waals surface area (Å²) in [6.07, 6.45) is 5.68. The Bertz CT molecular complexity index is 2110. The first kappa shape index (κ1) is 40.8. The molecule has 2 fully saturated rings. The van der Waals surface area contributed by atoms with Crippen LogP contribution in [-0.2, 0) is 9.84 Å². The predicted octanol–water partition coefficient (Wildman–Crippen LogP) is 7.54. The third kappa shape index (κ3) is 8.86. The van der Waals surface area contributed by atoms with Gasteiger partial charge in [-0.3, -0.25) is 19.4 Å². The van der Waals surface area contributed by atoms with E-state index in [9.17, 15) is 18.0 Å². The van der Waals surface area contributed by atoms with Crippen LogP contribution >= 0.6 is 11.3 Å². The van der Waals surface area contributed by atoms with Gasteiger partial charge in [-0.2, -0.15) is 0 Å². The molecule has 2 aliphatic heterocycles. The number of carbonyl (C=O) groups is 2. The number of anilines is 1. The second-order valence-electron chi connectivity index (χ2n) is 15.1. The molecule has 4 aromatic rings. The average molecular weight is 815 g/mol. The number of nitrogens with one attached hydrogen (secondary N) is 1. The molecule has 0 spiro atoms. The van der Waals surface area contributed by atoms with Crippen LogP contribution < -0.4 is 24.4 Å². The first-order chi connectivity index (χ1) is 27.7. The summed E-state index contributed by atoms with van der Waals surface area (Å²) in [5.74, 6) is 0.512. The van der Waals surface area contributed by atoms with E-state index in [2.05, 4.69) is 46.3 Å². The Kier molecular flexibility index (Phi) is 13.2. The number of ether oxygens (including phenoxy) is 3. The van der Waals surface area contributed by atoms with Crippen molar-refractivity contribution >= 4 is 38.7 Å². The molecule has 13 heteroatoms. The van der Waals surface area contributed by atoms with Crippen LogP contribution in [0.25, 0.3) is 0 Å². The van der Waals surface area contributed by atoms with Gasteiger partial charge in [0, 0.05) is 50.2 Å². The van der Waals surface area contributed by atoms with Gasteiger partial charge in [0.2, 0.25) is 0 Å². The molecule has 1 N–H and O–H groups in total. The van der Waals surface area contributed by atoms with Gasteiger partial charge in [-0.05, 0) is 74.5 Å². The summed E-state index contributed by atoms with van der Waals surface area (Å²) in [6, 6.07) is 23.1. The number of sulfone groups is 1. The first-order valence-electron chi connectivity index (χ1n) is 20.1. The largest absolute Gasteiger partial charge is 0.493 e. The first-order valence-corrected chi connectivity index (χ1v) is 22.6. The lowest BCUT2D eigenvalue weighted by Gasteiger charge is -2.39. The SMILES string of the molecule is COc1ccc(C(CCCNCCOc2cc(S(=O)(=O)C3CCCCC3)cs2)N2C(=O)c3cccc(N4CCN([C@H](C)c5ccccc5)CC4)c3C2=O)cc1OC. The number of hydrogen-bond donors (Lipinski definition) is 1. The van der Waals surface area contributed by atoms with Crippen LogP contribution in [0.15, 0.2) is 83.1 Å². The minimum Gasteiger partial charge on any atom is -0.493 e. The van der Waals surface area contributed by atoms with Gasteiger partial charge >= 0.3 is 0 Å². The van der Waals surface area contributed by atoms with E-state index in [4.69, 9.17) is 14.2 Å². The van der Waals surface area contributed by atoms with Crippen molar-refractivity contribution in [3.05, 3.63) is 100 Å². The molecule has 7 rings (SSSR count). The van der Waals surface area contributed by atoms with Crippen molar-refractivity contribution in [2.45, 2.75) is 74.1 Å². The minimum atomic E-state index is -3.33. The molecule has 0 bridgehead atoms. The fourth-order valence-corrected chi connectivity index (χ4v) is 11.5. The molecule has 1 aromatic heterocycles. The van der Waals surface area contributed by atoms with E-state index in [-0.39, 0.29) is 23.1 Å². The van der Waals surface area contributed by atoms with Gasteiger partial charge in [0.1, 0.15) is 6.61 Å². The maximum atomic E-state index is 14.5. The predicted molar refractivity (Wildman–Crippen MR) is 224 cm³/mol. The van der Waals surface area contributed by atoms with Gasteiger partial charge in [0.25, 0.3) is 11.8 Å². The maximum absolute atomic E-state index is 14.5. The molecule has 3 aromatic carbocycles. The van der Waals surface area contributed by atoms with Gasteiger partial charge in [-0.15, -0.1) is 11.3 Å². The summed E-state index contributed by atoms with van der Waals surface area (Å²) >= 11 is 1.31. The van der Waals surface area contributed by atoms with Gasteiger partial charge < -0.3 is 24.4 Å². The van der Waals surface area contributed by atoms with Crippen molar-refractivity contribution in [1.82, 2.24) is 15.1 Å². The van der Waals surface area contributed by atoms with Gasteiger partial charge in [-0.25, -0.2) is 8.42 Å². The number of fused-ring (bicyclic) bond motifs is 1. The summed E-state index contributed by atoms with van der Waals surface area (Å²) in [4.78, 5) is 35.3. The number of hydrogen-bond acceptors (Lipinski definition) is 11. The lowest BCUT2D eigenvalue weighted by Crippen LogP contribution is -2.47. The second kappa shape index (κ2) is 18.4. The maximum Gasteiger partial charge on any atom is 0.264 e. The van der Waals surface area contributed by atoms with Crippen LogP contribution in [0.3, 0.4) is 0 Å². The molecule has 1 aliphatic carbocycles. The molecule has 304 valence electrons. The summed E-state index contributed by atoms with van der Waals surface area (Å²) in [5, 5.41) is 5.40. The number of benzene rings is 3. The smallest absolute Gasteiger partial charge is 0.264 e. The lowest BCUT2D eigenvalue weighted by molar-refractivity contribution is 0.0572. The van der Waals surface area contributed by atoms with Crippen LogP contribution in [0, 0.1) is 0 Å². The third-order valence-electron chi connectivity index (χ3n) is 11.7. The number of imide groups is 1. The molecule has 2 atom stereocenters. The highest BCUT2D eigenvalue weighted by Crippen LogP contribution is 2.41. The Morgan fingerprint density at radius 1 is 0.825 bits per heavy atom. The molecule has 1 unspecified atom stereocenters. The number of methoxy groups -OCH3 is 2. The highest BCUT2D eigenvalue weighted by Gasteiger charge is 2.43. The van der Waals surface area contributed by atoms with E-state index in [1.165, 1.54) is 21.8 Å².